The lowest BCUT2D eigenvalue weighted by molar-refractivity contribution is 0.162. The van der Waals surface area contributed by atoms with Gasteiger partial charge < -0.3 is 10.4 Å². The molecule has 0 spiro atoms. The largest absolute Gasteiger partial charge is 0.393 e. The Balaban J connectivity index is 2.64. The molecule has 0 aromatic carbocycles. The number of thiazole rings is 1. The molecular formula is C16H30N2OS. The van der Waals surface area contributed by atoms with Crippen LogP contribution in [0.2, 0.25) is 0 Å². The molecule has 0 saturated heterocycles. The topological polar surface area (TPSA) is 45.2 Å². The average Bonchev–Trinajstić information content (AvgIpc) is 2.67. The van der Waals surface area contributed by atoms with Gasteiger partial charge in [0.2, 0.25) is 0 Å². The van der Waals surface area contributed by atoms with Crippen LogP contribution in [0.1, 0.15) is 69.6 Å². The molecule has 3 nitrogen and oxygen atoms in total. The highest BCUT2D eigenvalue weighted by atomic mass is 32.1. The van der Waals surface area contributed by atoms with E-state index in [4.69, 9.17) is 4.98 Å². The van der Waals surface area contributed by atoms with E-state index in [-0.39, 0.29) is 11.5 Å². The second-order valence-corrected chi connectivity index (χ2v) is 8.07. The van der Waals surface area contributed by atoms with E-state index in [1.807, 2.05) is 18.3 Å². The van der Waals surface area contributed by atoms with E-state index in [0.29, 0.717) is 12.0 Å². The summed E-state index contributed by atoms with van der Waals surface area (Å²) in [6.45, 7) is 15.9. The van der Waals surface area contributed by atoms with Gasteiger partial charge in [-0.1, -0.05) is 27.7 Å². The number of hydrogen-bond donors (Lipinski definition) is 2. The van der Waals surface area contributed by atoms with Gasteiger partial charge in [0.05, 0.1) is 16.8 Å². The van der Waals surface area contributed by atoms with Crippen LogP contribution in [0.3, 0.4) is 0 Å². The normalized spacial score (nSPS) is 17.0. The Labute approximate surface area is 127 Å². The standard InChI is InChI=1S/C16H30N2OS/c1-10(8-11(2)19)9-17-12(3)14-13(4)18-15(20-14)16(5,6)7/h10-12,17,19H,8-9H2,1-7H3. The Morgan fingerprint density at radius 1 is 1.25 bits per heavy atom. The molecule has 1 rings (SSSR count). The molecule has 20 heavy (non-hydrogen) atoms. The van der Waals surface area contributed by atoms with Crippen molar-refractivity contribution in [3.63, 3.8) is 0 Å². The van der Waals surface area contributed by atoms with E-state index >= 15 is 0 Å². The molecule has 0 bridgehead atoms. The van der Waals surface area contributed by atoms with E-state index in [2.05, 4.69) is 46.9 Å². The third kappa shape index (κ3) is 5.15. The molecule has 0 aliphatic heterocycles. The molecule has 3 atom stereocenters. The Bertz CT molecular complexity index is 421. The number of aryl methyl sites for hydroxylation is 1. The average molecular weight is 298 g/mol. The van der Waals surface area contributed by atoms with Gasteiger partial charge in [-0.05, 0) is 39.7 Å². The Kier molecular flexibility index (Phi) is 6.17. The number of hydrogen-bond acceptors (Lipinski definition) is 4. The van der Waals surface area contributed by atoms with Crippen LogP contribution in [0.4, 0.5) is 0 Å². The van der Waals surface area contributed by atoms with Crippen LogP contribution < -0.4 is 5.32 Å². The maximum absolute atomic E-state index is 9.41. The molecule has 0 fully saturated rings. The van der Waals surface area contributed by atoms with Gasteiger partial charge in [-0.2, -0.15) is 0 Å². The lowest BCUT2D eigenvalue weighted by Crippen LogP contribution is -2.26. The summed E-state index contributed by atoms with van der Waals surface area (Å²) in [5.41, 5.74) is 1.26. The zero-order chi connectivity index (χ0) is 15.5. The van der Waals surface area contributed by atoms with E-state index < -0.39 is 0 Å². The van der Waals surface area contributed by atoms with Crippen LogP contribution in [0.25, 0.3) is 0 Å². The van der Waals surface area contributed by atoms with Crippen molar-refractivity contribution in [1.29, 1.82) is 0 Å². The number of rotatable bonds is 6. The number of nitrogens with zero attached hydrogens (tertiary/aromatic N) is 1. The summed E-state index contributed by atoms with van der Waals surface area (Å²) >= 11 is 1.82. The predicted octanol–water partition coefficient (Wildman–Crippen LogP) is 3.81. The maximum Gasteiger partial charge on any atom is 0.0985 e. The molecular weight excluding hydrogens is 268 g/mol. The smallest absolute Gasteiger partial charge is 0.0985 e. The number of nitrogens with one attached hydrogen (secondary N) is 1. The van der Waals surface area contributed by atoms with Gasteiger partial charge in [-0.15, -0.1) is 11.3 Å². The lowest BCUT2D eigenvalue weighted by atomic mass is 9.98. The number of aliphatic hydroxyl groups excluding tert-OH is 1. The fraction of sp³-hybridized carbons (Fsp3) is 0.812. The predicted molar refractivity (Wildman–Crippen MR) is 87.4 cm³/mol. The van der Waals surface area contributed by atoms with E-state index in [0.717, 1.165) is 18.7 Å². The first-order chi connectivity index (χ1) is 9.11. The molecule has 0 aliphatic rings. The van der Waals surface area contributed by atoms with Crippen LogP contribution in [0.15, 0.2) is 0 Å². The molecule has 116 valence electrons. The number of aromatic nitrogens is 1. The molecule has 1 aromatic rings. The summed E-state index contributed by atoms with van der Waals surface area (Å²) in [5, 5.41) is 14.2. The minimum Gasteiger partial charge on any atom is -0.393 e. The fourth-order valence-electron chi connectivity index (χ4n) is 2.27. The molecule has 0 radical (unpaired) electrons. The van der Waals surface area contributed by atoms with Crippen LogP contribution in [0.5, 0.6) is 0 Å². The highest BCUT2D eigenvalue weighted by molar-refractivity contribution is 7.12. The van der Waals surface area contributed by atoms with E-state index in [1.165, 1.54) is 9.88 Å². The highest BCUT2D eigenvalue weighted by Gasteiger charge is 2.22. The highest BCUT2D eigenvalue weighted by Crippen LogP contribution is 2.32. The molecule has 1 aromatic heterocycles. The first kappa shape index (κ1) is 17.6. The second kappa shape index (κ2) is 7.01. The maximum atomic E-state index is 9.41. The first-order valence-corrected chi connectivity index (χ1v) is 8.32. The molecule has 2 N–H and O–H groups in total. The van der Waals surface area contributed by atoms with Gasteiger partial charge in [0, 0.05) is 16.3 Å². The molecule has 4 heteroatoms. The monoisotopic (exact) mass is 298 g/mol. The molecule has 0 saturated carbocycles. The minimum atomic E-state index is -0.222. The summed E-state index contributed by atoms with van der Waals surface area (Å²) in [6, 6.07) is 0.319. The number of aliphatic hydroxyl groups is 1. The van der Waals surface area contributed by atoms with Crippen LogP contribution in [0, 0.1) is 12.8 Å². The Morgan fingerprint density at radius 2 is 1.85 bits per heavy atom. The summed E-state index contributed by atoms with van der Waals surface area (Å²) < 4.78 is 0. The van der Waals surface area contributed by atoms with Crippen molar-refractivity contribution >= 4 is 11.3 Å². The zero-order valence-electron chi connectivity index (χ0n) is 13.9. The Hall–Kier alpha value is -0.450. The van der Waals surface area contributed by atoms with Gasteiger partial charge in [0.1, 0.15) is 0 Å². The van der Waals surface area contributed by atoms with Gasteiger partial charge in [0.25, 0.3) is 0 Å². The van der Waals surface area contributed by atoms with Crippen molar-refractivity contribution < 1.29 is 5.11 Å². The van der Waals surface area contributed by atoms with Gasteiger partial charge in [-0.3, -0.25) is 0 Å². The van der Waals surface area contributed by atoms with Crippen molar-refractivity contribution in [2.45, 2.75) is 72.4 Å². The van der Waals surface area contributed by atoms with Crippen LogP contribution in [-0.2, 0) is 5.41 Å². The zero-order valence-corrected chi connectivity index (χ0v) is 14.8. The Morgan fingerprint density at radius 3 is 2.30 bits per heavy atom. The van der Waals surface area contributed by atoms with Gasteiger partial charge in [0.15, 0.2) is 0 Å². The van der Waals surface area contributed by atoms with Gasteiger partial charge in [-0.25, -0.2) is 4.98 Å². The third-order valence-electron chi connectivity index (χ3n) is 3.38. The second-order valence-electron chi connectivity index (χ2n) is 7.04. The summed E-state index contributed by atoms with van der Waals surface area (Å²) in [6.07, 6.45) is 0.619. The summed E-state index contributed by atoms with van der Waals surface area (Å²) in [5.74, 6) is 0.479. The third-order valence-corrected chi connectivity index (χ3v) is 5.15. The van der Waals surface area contributed by atoms with E-state index in [9.17, 15) is 5.11 Å². The van der Waals surface area contributed by atoms with E-state index in [1.54, 1.807) is 0 Å². The van der Waals surface area contributed by atoms with Crippen molar-refractivity contribution in [3.05, 3.63) is 15.6 Å². The van der Waals surface area contributed by atoms with Crippen LogP contribution in [-0.4, -0.2) is 22.7 Å². The minimum absolute atomic E-state index is 0.118. The van der Waals surface area contributed by atoms with Crippen molar-refractivity contribution in [2.24, 2.45) is 5.92 Å². The van der Waals surface area contributed by atoms with Crippen molar-refractivity contribution in [2.75, 3.05) is 6.54 Å². The van der Waals surface area contributed by atoms with Crippen LogP contribution >= 0.6 is 11.3 Å². The molecule has 0 amide bonds. The molecule has 0 aliphatic carbocycles. The SMILES string of the molecule is Cc1nc(C(C)(C)C)sc1C(C)NCC(C)CC(C)O. The molecule has 3 unspecified atom stereocenters. The summed E-state index contributed by atoms with van der Waals surface area (Å²) in [7, 11) is 0. The fourth-order valence-corrected chi connectivity index (χ4v) is 3.42. The van der Waals surface area contributed by atoms with Crippen molar-refractivity contribution in [3.8, 4) is 0 Å². The van der Waals surface area contributed by atoms with Gasteiger partial charge >= 0.3 is 0 Å². The summed E-state index contributed by atoms with van der Waals surface area (Å²) in [4.78, 5) is 6.05. The quantitative estimate of drug-likeness (QED) is 0.839. The molecule has 1 heterocycles. The lowest BCUT2D eigenvalue weighted by Gasteiger charge is -2.18. The van der Waals surface area contributed by atoms with Crippen molar-refractivity contribution in [1.82, 2.24) is 10.3 Å². The first-order valence-electron chi connectivity index (χ1n) is 7.50.